The lowest BCUT2D eigenvalue weighted by Gasteiger charge is -2.42. The van der Waals surface area contributed by atoms with Crippen molar-refractivity contribution in [3.05, 3.63) is 0 Å². The van der Waals surface area contributed by atoms with Gasteiger partial charge in [-0.25, -0.2) is 8.78 Å². The molecule has 0 amide bonds. The van der Waals surface area contributed by atoms with Crippen LogP contribution >= 0.6 is 0 Å². The van der Waals surface area contributed by atoms with E-state index in [9.17, 15) is 87.0 Å². The number of carbonyl (C=O) groups is 7. The number of ketones is 7. The third-order valence-corrected chi connectivity index (χ3v) is 30.4. The highest BCUT2D eigenvalue weighted by molar-refractivity contribution is 5.87. The number of methoxy groups -OCH3 is 2. The number of halogens is 11. The molecule has 2 saturated carbocycles. The Morgan fingerprint density at radius 3 is 0.985 bits per heavy atom. The molecular weight excluding hydrogens is 1700 g/mol. The van der Waals surface area contributed by atoms with E-state index in [0.29, 0.717) is 129 Å². The molecule has 0 aromatic rings. The summed E-state index contributed by atoms with van der Waals surface area (Å²) >= 11 is 0. The van der Waals surface area contributed by atoms with Gasteiger partial charge in [-0.1, -0.05) is 27.7 Å². The Morgan fingerprint density at radius 1 is 0.400 bits per heavy atom. The Labute approximate surface area is 778 Å². The minimum absolute atomic E-state index is 0.0349. The zero-order valence-corrected chi connectivity index (χ0v) is 84.8. The van der Waals surface area contributed by atoms with E-state index in [1.165, 1.54) is 0 Å². The predicted molar refractivity (Wildman–Crippen MR) is 497 cm³/mol. The Morgan fingerprint density at radius 2 is 0.708 bits per heavy atom. The monoisotopic (exact) mass is 1880 g/mol. The van der Waals surface area contributed by atoms with Crippen LogP contribution in [0.5, 0.6) is 0 Å². The van der Waals surface area contributed by atoms with Crippen LogP contribution < -0.4 is 0 Å². The fourth-order valence-electron chi connectivity index (χ4n) is 19.9. The largest absolute Gasteiger partial charge is 0.414 e. The fraction of sp³-hybridized carbons (Fsp3) is 0.931. The molecule has 762 valence electrons. The fourth-order valence-corrected chi connectivity index (χ4v) is 19.9. The van der Waals surface area contributed by atoms with Crippen molar-refractivity contribution in [1.82, 2.24) is 34.3 Å². The summed E-state index contributed by atoms with van der Waals surface area (Å²) in [5.41, 5.74) is -1.78. The predicted octanol–water partition coefficient (Wildman–Crippen LogP) is 21.6. The van der Waals surface area contributed by atoms with Gasteiger partial charge in [0.2, 0.25) is 5.92 Å². The maximum absolute atomic E-state index is 12.7. The van der Waals surface area contributed by atoms with E-state index in [4.69, 9.17) is 9.47 Å². The van der Waals surface area contributed by atoms with Crippen LogP contribution in [0.25, 0.3) is 0 Å². The normalized spacial score (nSPS) is 22.8. The van der Waals surface area contributed by atoms with Crippen molar-refractivity contribution in [2.24, 2.45) is 57.7 Å². The summed E-state index contributed by atoms with van der Waals surface area (Å²) in [6.45, 7) is 57.2. The maximum atomic E-state index is 12.7. The van der Waals surface area contributed by atoms with E-state index in [1.807, 2.05) is 20.8 Å². The second kappa shape index (κ2) is 57.1. The first kappa shape index (κ1) is 121. The van der Waals surface area contributed by atoms with Gasteiger partial charge >= 0.3 is 18.5 Å². The first-order chi connectivity index (χ1) is 60.4. The van der Waals surface area contributed by atoms with Crippen molar-refractivity contribution in [2.75, 3.05) is 119 Å². The van der Waals surface area contributed by atoms with Gasteiger partial charge in [-0.2, -0.15) is 39.5 Å². The molecule has 2 atom stereocenters. The lowest BCUT2D eigenvalue weighted by atomic mass is 9.70. The third kappa shape index (κ3) is 42.4. The number of piperidine rings is 7. The van der Waals surface area contributed by atoms with Crippen LogP contribution in [0.15, 0.2) is 0 Å². The van der Waals surface area contributed by atoms with Crippen molar-refractivity contribution >= 4 is 40.5 Å². The SMILES string of the molecule is CC(C)N1CCC(C(=O)CC2CC(F)(F)C2)CC1.CCC1(C(=O)CC(C)C(F)(F)F)CCN(C(C)C)CC1.CCC1(C(=O)CCC(C)(C)O)CCN(C(C)C)CC1.CCC1(C(=O)CCCC(F)(F)F)CCN(C(C)C)CC1.CCOCC(=O)C1CCN(C(C)C)CC1.COC(CCC(=O)C1CCN(C(C)C)CC1)C(F)(F)F.COC1CC(CC(=O)C2CCN(C(C)C)CC2)C1. The Bertz CT molecular complexity index is 3210. The molecule has 7 aliphatic heterocycles. The summed E-state index contributed by atoms with van der Waals surface area (Å²) in [4.78, 5) is 102. The molecule has 0 bridgehead atoms. The number of hydrogen-bond acceptors (Lipinski definition) is 18. The number of rotatable bonds is 37. The van der Waals surface area contributed by atoms with Gasteiger partial charge in [-0.05, 0) is 362 Å². The van der Waals surface area contributed by atoms with Crippen LogP contribution in [0.1, 0.15) is 344 Å². The topological polar surface area (TPSA) is 190 Å². The summed E-state index contributed by atoms with van der Waals surface area (Å²) in [7, 11) is 2.80. The van der Waals surface area contributed by atoms with Crippen LogP contribution in [-0.2, 0) is 47.8 Å². The van der Waals surface area contributed by atoms with Crippen LogP contribution in [0.4, 0.5) is 48.3 Å². The summed E-state index contributed by atoms with van der Waals surface area (Å²) in [6.07, 6.45) is 3.15. The van der Waals surface area contributed by atoms with Gasteiger partial charge in [0.25, 0.3) is 0 Å². The molecule has 7 heterocycles. The number of hydrogen-bond donors (Lipinski definition) is 1. The Balaban J connectivity index is 0.000000391. The van der Waals surface area contributed by atoms with Crippen LogP contribution in [-0.4, -0.2) is 284 Å². The number of alkyl halides is 11. The highest BCUT2D eigenvalue weighted by Crippen LogP contribution is 2.47. The molecule has 18 nitrogen and oxygen atoms in total. The molecule has 0 aromatic carbocycles. The molecule has 0 aromatic heterocycles. The lowest BCUT2D eigenvalue weighted by Crippen LogP contribution is -2.47. The summed E-state index contributed by atoms with van der Waals surface area (Å²) in [5.74, 6) is -1.72. The highest BCUT2D eigenvalue weighted by atomic mass is 19.4. The number of aliphatic hydroxyl groups is 1. The van der Waals surface area contributed by atoms with Gasteiger partial charge in [0.05, 0.1) is 17.6 Å². The summed E-state index contributed by atoms with van der Waals surface area (Å²) in [5, 5.41) is 9.78. The van der Waals surface area contributed by atoms with Gasteiger partial charge in [0.1, 0.15) is 41.3 Å². The standard InChI is InChI=1S/C16H31NO2.2C15H26F3NO.C15H27NO2.C14H24F3NO2.C14H23F2NO.C12H23NO2/c1-6-16(14(18)7-8-15(4,5)19)9-11-17(12-10-16)13(2)3;1-5-14(6-8-19(9-7-14)11(2)3)13(20)10-12(4)15(16,17)18;1-4-14(8-10-19(11-9-14)12(2)3)13(20)6-5-7-15(16,17)18;1-11(2)16-6-4-13(5-7-16)15(17)10-12-8-14(9-12)18-3;1-10(2)18-8-6-11(7-9-18)12(19)4-5-13(20-3)14(15,16)17;1-10(2)17-5-3-12(4-6-17)13(18)7-11-8-14(15,16)9-11;1-4-15-9-12(14)11-5-7-13(8-6-11)10(2)3/h13,19H,6-12H2,1-5H3;11-12H,5-10H2,1-4H3;12H,4-11H2,1-3H3;11-14H,4-10H2,1-3H3;10-11,13H,4-9H2,1-3H3;10-12H,3-9H2,1-2H3;10-11H,4-9H2,1-3H3. The van der Waals surface area contributed by atoms with Crippen molar-refractivity contribution in [2.45, 2.75) is 429 Å². The number of likely N-dealkylation sites (tertiary alicyclic amines) is 7. The van der Waals surface area contributed by atoms with E-state index < -0.39 is 53.9 Å². The molecule has 2 unspecified atom stereocenters. The van der Waals surface area contributed by atoms with Crippen molar-refractivity contribution in [1.29, 1.82) is 0 Å². The van der Waals surface area contributed by atoms with Crippen molar-refractivity contribution in [3.63, 3.8) is 0 Å². The van der Waals surface area contributed by atoms with Crippen molar-refractivity contribution in [3.8, 4) is 0 Å². The first-order valence-corrected chi connectivity index (χ1v) is 50.2. The van der Waals surface area contributed by atoms with E-state index in [-0.39, 0.29) is 103 Å². The number of nitrogens with zero attached hydrogens (tertiary/aromatic N) is 7. The van der Waals surface area contributed by atoms with E-state index >= 15 is 0 Å². The summed E-state index contributed by atoms with van der Waals surface area (Å²) < 4.78 is 152. The van der Waals surface area contributed by atoms with E-state index in [2.05, 4.69) is 143 Å². The third-order valence-electron chi connectivity index (χ3n) is 30.4. The Hall–Kier alpha value is -3.52. The van der Waals surface area contributed by atoms with Gasteiger partial charge < -0.3 is 53.6 Å². The molecule has 9 rings (SSSR count). The highest BCUT2D eigenvalue weighted by Gasteiger charge is 2.49. The van der Waals surface area contributed by atoms with Crippen LogP contribution in [0.3, 0.4) is 0 Å². The minimum Gasteiger partial charge on any atom is -0.390 e. The first-order valence-electron chi connectivity index (χ1n) is 50.2. The van der Waals surface area contributed by atoms with Gasteiger partial charge in [0.15, 0.2) is 11.9 Å². The van der Waals surface area contributed by atoms with Crippen LogP contribution in [0, 0.1) is 57.7 Å². The molecule has 9 aliphatic rings. The average molecular weight is 1880 g/mol. The molecule has 2 aliphatic carbocycles. The zero-order valence-electron chi connectivity index (χ0n) is 84.8. The molecule has 1 N–H and O–H groups in total. The van der Waals surface area contributed by atoms with Crippen LogP contribution in [0.2, 0.25) is 0 Å². The van der Waals surface area contributed by atoms with Crippen molar-refractivity contribution < 1.29 is 101 Å². The number of carbonyl (C=O) groups excluding carboxylic acids is 7. The van der Waals surface area contributed by atoms with Gasteiger partial charge in [-0.15, -0.1) is 0 Å². The second-order valence-electron chi connectivity index (χ2n) is 42.1. The van der Waals surface area contributed by atoms with E-state index in [0.717, 1.165) is 215 Å². The van der Waals surface area contributed by atoms with Gasteiger partial charge in [-0.3, -0.25) is 33.6 Å². The lowest BCUT2D eigenvalue weighted by molar-refractivity contribution is -0.214. The average Bonchev–Trinajstić information content (AvgIpc) is 0.819. The summed E-state index contributed by atoms with van der Waals surface area (Å²) in [6, 6.07) is 3.67. The van der Waals surface area contributed by atoms with Gasteiger partial charge in [0, 0.05) is 161 Å². The maximum Gasteiger partial charge on any atom is 0.414 e. The molecule has 29 heteroatoms. The molecule has 130 heavy (non-hydrogen) atoms. The Kier molecular flexibility index (Phi) is 53.0. The molecule has 9 fully saturated rings. The van der Waals surface area contributed by atoms with E-state index in [1.54, 1.807) is 21.0 Å². The smallest absolute Gasteiger partial charge is 0.390 e. The molecular formula is C101H180F11N7O11. The number of ether oxygens (including phenoxy) is 3. The molecule has 0 spiro atoms. The molecule has 7 saturated heterocycles. The molecule has 0 radical (unpaired) electrons. The zero-order chi connectivity index (χ0) is 98.7. The minimum atomic E-state index is -4.39. The second-order valence-corrected chi connectivity index (χ2v) is 42.1. The quantitative estimate of drug-likeness (QED) is 0.0577. The number of Topliss-reactive ketones (excluding diaryl/α,β-unsaturated/α-hetero) is 7.